The Morgan fingerprint density at radius 3 is 2.67 bits per heavy atom. The molecule has 3 N–H and O–H groups in total. The third-order valence-electron chi connectivity index (χ3n) is 4.31. The van der Waals surface area contributed by atoms with E-state index in [0.29, 0.717) is 12.5 Å². The lowest BCUT2D eigenvalue weighted by atomic mass is 10.2. The minimum Gasteiger partial charge on any atom is -0.357 e. The van der Waals surface area contributed by atoms with Crippen LogP contribution in [0.4, 0.5) is 0 Å². The quantitative estimate of drug-likeness (QED) is 0.336. The van der Waals surface area contributed by atoms with E-state index in [0.717, 1.165) is 49.6 Å². The van der Waals surface area contributed by atoms with Crippen LogP contribution in [-0.2, 0) is 11.3 Å². The number of H-pyrrole nitrogens is 1. The minimum absolute atomic E-state index is 0. The van der Waals surface area contributed by atoms with E-state index in [4.69, 9.17) is 0 Å². The van der Waals surface area contributed by atoms with Crippen molar-refractivity contribution in [1.29, 1.82) is 0 Å². The van der Waals surface area contributed by atoms with Crippen LogP contribution < -0.4 is 10.6 Å². The molecule has 1 saturated heterocycles. The predicted molar refractivity (Wildman–Crippen MR) is 118 cm³/mol. The highest BCUT2D eigenvalue weighted by Crippen LogP contribution is 2.16. The molecule has 1 aromatic heterocycles. The van der Waals surface area contributed by atoms with Gasteiger partial charge in [-0.2, -0.15) is 0 Å². The molecular formula is C19H27IN6O. The van der Waals surface area contributed by atoms with Crippen LogP contribution in [-0.4, -0.2) is 52.9 Å². The summed E-state index contributed by atoms with van der Waals surface area (Å²) in [5.74, 6) is 1.53. The van der Waals surface area contributed by atoms with Gasteiger partial charge in [0, 0.05) is 19.6 Å². The summed E-state index contributed by atoms with van der Waals surface area (Å²) in [5, 5.41) is 6.28. The molecule has 7 nitrogen and oxygen atoms in total. The van der Waals surface area contributed by atoms with Crippen LogP contribution in [0.2, 0.25) is 0 Å². The summed E-state index contributed by atoms with van der Waals surface area (Å²) < 4.78 is 0. The summed E-state index contributed by atoms with van der Waals surface area (Å²) >= 11 is 0. The number of rotatable bonds is 6. The fourth-order valence-electron chi connectivity index (χ4n) is 2.94. The summed E-state index contributed by atoms with van der Waals surface area (Å²) in [6.45, 7) is 5.14. The lowest BCUT2D eigenvalue weighted by Gasteiger charge is -2.17. The van der Waals surface area contributed by atoms with Crippen LogP contribution in [0.15, 0.2) is 41.5 Å². The maximum atomic E-state index is 12.2. The van der Waals surface area contributed by atoms with Crippen molar-refractivity contribution in [1.82, 2.24) is 25.5 Å². The maximum absolute atomic E-state index is 12.2. The van der Waals surface area contributed by atoms with Gasteiger partial charge in [0.1, 0.15) is 12.4 Å². The molecule has 0 atom stereocenters. The molecule has 27 heavy (non-hydrogen) atoms. The number of guanidine groups is 1. The highest BCUT2D eigenvalue weighted by Gasteiger charge is 2.17. The smallest absolute Gasteiger partial charge is 0.241 e. The molecule has 0 saturated carbocycles. The van der Waals surface area contributed by atoms with Crippen molar-refractivity contribution in [2.45, 2.75) is 26.3 Å². The van der Waals surface area contributed by atoms with Crippen molar-refractivity contribution in [3.63, 3.8) is 0 Å². The van der Waals surface area contributed by atoms with Crippen molar-refractivity contribution in [3.8, 4) is 11.3 Å². The summed E-state index contributed by atoms with van der Waals surface area (Å²) in [5.41, 5.74) is 2.06. The minimum atomic E-state index is 0. The van der Waals surface area contributed by atoms with Crippen molar-refractivity contribution in [2.75, 3.05) is 26.2 Å². The maximum Gasteiger partial charge on any atom is 0.241 e. The number of hydrogen-bond donors (Lipinski definition) is 3. The molecule has 0 spiro atoms. The molecule has 1 amide bonds. The number of carbonyl (C=O) groups excluding carboxylic acids is 1. The molecule has 0 unspecified atom stereocenters. The zero-order valence-corrected chi connectivity index (χ0v) is 17.9. The Labute approximate surface area is 177 Å². The first kappa shape index (κ1) is 21.2. The molecule has 2 heterocycles. The van der Waals surface area contributed by atoms with Gasteiger partial charge in [0.25, 0.3) is 0 Å². The molecular weight excluding hydrogens is 455 g/mol. The van der Waals surface area contributed by atoms with Crippen molar-refractivity contribution in [3.05, 3.63) is 42.4 Å². The van der Waals surface area contributed by atoms with E-state index < -0.39 is 0 Å². The lowest BCUT2D eigenvalue weighted by Crippen LogP contribution is -2.44. The van der Waals surface area contributed by atoms with Crippen molar-refractivity contribution >= 4 is 35.8 Å². The van der Waals surface area contributed by atoms with Gasteiger partial charge in [-0.15, -0.1) is 24.0 Å². The molecule has 0 bridgehead atoms. The van der Waals surface area contributed by atoms with Crippen LogP contribution in [0.1, 0.15) is 25.6 Å². The first-order valence-corrected chi connectivity index (χ1v) is 9.15. The molecule has 0 aliphatic carbocycles. The number of hydrogen-bond acceptors (Lipinski definition) is 3. The van der Waals surface area contributed by atoms with E-state index >= 15 is 0 Å². The average molecular weight is 482 g/mol. The summed E-state index contributed by atoms with van der Waals surface area (Å²) in [7, 11) is 0. The van der Waals surface area contributed by atoms with Gasteiger partial charge in [-0.1, -0.05) is 30.3 Å². The fraction of sp³-hybridized carbons (Fsp3) is 0.421. The SMILES string of the molecule is CCNC(=NCc1ncc(-c2ccccc2)[nH]1)NCC(=O)N1CCCC1.I. The van der Waals surface area contributed by atoms with Gasteiger partial charge in [0.2, 0.25) is 5.91 Å². The number of halogens is 1. The van der Waals surface area contributed by atoms with Gasteiger partial charge in [-0.05, 0) is 25.3 Å². The predicted octanol–water partition coefficient (Wildman–Crippen LogP) is 2.37. The third kappa shape index (κ3) is 6.23. The number of aromatic amines is 1. The molecule has 3 rings (SSSR count). The summed E-state index contributed by atoms with van der Waals surface area (Å²) in [6.07, 6.45) is 4.02. The number of nitrogens with zero attached hydrogens (tertiary/aromatic N) is 3. The number of aliphatic imine (C=N–C) groups is 1. The van der Waals surface area contributed by atoms with Gasteiger partial charge < -0.3 is 20.5 Å². The zero-order valence-electron chi connectivity index (χ0n) is 15.6. The molecule has 146 valence electrons. The highest BCUT2D eigenvalue weighted by molar-refractivity contribution is 14.0. The second-order valence-corrected chi connectivity index (χ2v) is 6.25. The number of benzene rings is 1. The number of amides is 1. The van der Waals surface area contributed by atoms with Gasteiger partial charge in [0.15, 0.2) is 5.96 Å². The molecule has 1 aromatic carbocycles. The molecule has 0 radical (unpaired) electrons. The molecule has 1 fully saturated rings. The molecule has 1 aliphatic rings. The molecule has 2 aromatic rings. The number of imidazole rings is 1. The van der Waals surface area contributed by atoms with Crippen LogP contribution >= 0.6 is 24.0 Å². The number of likely N-dealkylation sites (tertiary alicyclic amines) is 1. The third-order valence-corrected chi connectivity index (χ3v) is 4.31. The van der Waals surface area contributed by atoms with Crippen molar-refractivity contribution < 1.29 is 4.79 Å². The van der Waals surface area contributed by atoms with E-state index in [1.54, 1.807) is 0 Å². The Morgan fingerprint density at radius 2 is 1.96 bits per heavy atom. The zero-order chi connectivity index (χ0) is 18.2. The Hall–Kier alpha value is -2.10. The second-order valence-electron chi connectivity index (χ2n) is 6.25. The Bertz CT molecular complexity index is 740. The standard InChI is InChI=1S/C19H26N6O.HI/c1-2-20-19(23-14-18(26)25-10-6-7-11-25)22-13-17-21-12-16(24-17)15-8-4-3-5-9-15;/h3-5,8-9,12H,2,6-7,10-11,13-14H2,1H3,(H,21,24)(H2,20,22,23);1H. The van der Waals surface area contributed by atoms with Gasteiger partial charge in [-0.25, -0.2) is 9.98 Å². The van der Waals surface area contributed by atoms with E-state index in [-0.39, 0.29) is 36.4 Å². The largest absolute Gasteiger partial charge is 0.357 e. The van der Waals surface area contributed by atoms with Crippen LogP contribution in [0.25, 0.3) is 11.3 Å². The number of aromatic nitrogens is 2. The van der Waals surface area contributed by atoms with Gasteiger partial charge in [-0.3, -0.25) is 4.79 Å². The Balaban J connectivity index is 0.00000261. The fourth-order valence-corrected chi connectivity index (χ4v) is 2.94. The monoisotopic (exact) mass is 482 g/mol. The highest BCUT2D eigenvalue weighted by atomic mass is 127. The van der Waals surface area contributed by atoms with Gasteiger partial charge >= 0.3 is 0 Å². The van der Waals surface area contributed by atoms with Gasteiger partial charge in [0.05, 0.1) is 18.4 Å². The van der Waals surface area contributed by atoms with E-state index in [1.807, 2.05) is 48.4 Å². The lowest BCUT2D eigenvalue weighted by molar-refractivity contribution is -0.128. The topological polar surface area (TPSA) is 85.4 Å². The average Bonchev–Trinajstić information content (AvgIpc) is 3.36. The number of nitrogens with one attached hydrogen (secondary N) is 3. The second kappa shape index (κ2) is 10.9. The molecule has 8 heteroatoms. The van der Waals surface area contributed by atoms with E-state index in [1.165, 1.54) is 0 Å². The van der Waals surface area contributed by atoms with Crippen LogP contribution in [0.3, 0.4) is 0 Å². The Morgan fingerprint density at radius 1 is 1.22 bits per heavy atom. The first-order chi connectivity index (χ1) is 12.8. The van der Waals surface area contributed by atoms with Crippen LogP contribution in [0, 0.1) is 0 Å². The number of carbonyl (C=O) groups is 1. The summed E-state index contributed by atoms with van der Waals surface area (Å²) in [4.78, 5) is 26.2. The first-order valence-electron chi connectivity index (χ1n) is 9.15. The van der Waals surface area contributed by atoms with Crippen LogP contribution in [0.5, 0.6) is 0 Å². The van der Waals surface area contributed by atoms with E-state index in [2.05, 4.69) is 25.6 Å². The van der Waals surface area contributed by atoms with Crippen molar-refractivity contribution in [2.24, 2.45) is 4.99 Å². The van der Waals surface area contributed by atoms with E-state index in [9.17, 15) is 4.79 Å². The normalized spacial score (nSPS) is 14.0. The Kier molecular flexibility index (Phi) is 8.56. The molecule has 1 aliphatic heterocycles. The summed E-state index contributed by atoms with van der Waals surface area (Å²) in [6, 6.07) is 10.1.